The largest absolute Gasteiger partial charge is 0.587 e. The summed E-state index contributed by atoms with van der Waals surface area (Å²) in [6, 6.07) is 29.2. The zero-order valence-electron chi connectivity index (χ0n) is 35.8. The fourth-order valence-corrected chi connectivity index (χ4v) is 12.3. The van der Waals surface area contributed by atoms with Crippen LogP contribution in [-0.2, 0) is 45.4 Å². The molecule has 344 valence electrons. The first kappa shape index (κ1) is 49.8. The number of benzene rings is 6. The molecule has 2 atom stereocenters. The van der Waals surface area contributed by atoms with E-state index in [1.165, 1.54) is 36.5 Å². The summed E-state index contributed by atoms with van der Waals surface area (Å²) in [4.78, 5) is 0. The van der Waals surface area contributed by atoms with Crippen LogP contribution < -0.4 is 28.7 Å². The zero-order chi connectivity index (χ0) is 47.2. The Hall–Kier alpha value is -5.58. The molecule has 0 aliphatic rings. The highest BCUT2D eigenvalue weighted by molar-refractivity contribution is 7.63. The van der Waals surface area contributed by atoms with Gasteiger partial charge in [0.2, 0.25) is 0 Å². The molecule has 0 aromatic heterocycles. The maximum atomic E-state index is 14.7. The number of fused-ring (bicyclic) bond motifs is 3. The zero-order valence-corrected chi connectivity index (χ0v) is 39.4. The van der Waals surface area contributed by atoms with Crippen LogP contribution in [-0.4, -0.2) is 39.6 Å². The number of phosphoric acid groups is 2. The van der Waals surface area contributed by atoms with Crippen LogP contribution in [0.25, 0.3) is 32.3 Å². The average Bonchev–Trinajstić information content (AvgIpc) is 3.32. The van der Waals surface area contributed by atoms with Gasteiger partial charge in [0.15, 0.2) is 0 Å². The summed E-state index contributed by atoms with van der Waals surface area (Å²) < 4.78 is 116. The van der Waals surface area contributed by atoms with E-state index in [2.05, 4.69) is 39.5 Å². The summed E-state index contributed by atoms with van der Waals surface area (Å²) in [7, 11) is -17.0. The second-order valence-corrected chi connectivity index (χ2v) is 20.6. The van der Waals surface area contributed by atoms with Crippen molar-refractivity contribution in [3.63, 3.8) is 0 Å². The van der Waals surface area contributed by atoms with Gasteiger partial charge in [-0.1, -0.05) is 109 Å². The Morgan fingerprint density at radius 1 is 0.318 bits per heavy atom. The molecule has 6 rings (SSSR count). The third-order valence-corrected chi connectivity index (χ3v) is 15.7. The van der Waals surface area contributed by atoms with Gasteiger partial charge in [-0.2, -0.15) is 0 Å². The Labute approximate surface area is 383 Å². The lowest BCUT2D eigenvalue weighted by Crippen LogP contribution is -2.13. The van der Waals surface area contributed by atoms with Gasteiger partial charge < -0.3 is 36.2 Å². The summed E-state index contributed by atoms with van der Waals surface area (Å²) in [6.07, 6.45) is 8.57. The third-order valence-electron chi connectivity index (χ3n) is 9.14. The molecule has 0 amide bonds. The van der Waals surface area contributed by atoms with Crippen molar-refractivity contribution in [3.8, 4) is 23.0 Å². The van der Waals surface area contributed by atoms with E-state index in [9.17, 15) is 18.3 Å². The summed E-state index contributed by atoms with van der Waals surface area (Å²) >= 11 is 0. The Balaban J connectivity index is 1.36. The number of hydrogen-bond donors (Lipinski definition) is 0. The molecule has 66 heavy (non-hydrogen) atoms. The molecule has 0 spiro atoms. The van der Waals surface area contributed by atoms with E-state index >= 15 is 0 Å². The van der Waals surface area contributed by atoms with E-state index in [1.807, 2.05) is 0 Å². The first-order valence-electron chi connectivity index (χ1n) is 20.2. The Kier molecular flexibility index (Phi) is 17.2. The smallest absolute Gasteiger partial charge is 0.394 e. The molecule has 0 N–H and O–H groups in total. The van der Waals surface area contributed by atoms with E-state index in [4.69, 9.17) is 45.2 Å². The van der Waals surface area contributed by atoms with E-state index < -0.39 is 30.8 Å². The van der Waals surface area contributed by atoms with Crippen LogP contribution in [0.1, 0.15) is 0 Å². The lowest BCUT2D eigenvalue weighted by Gasteiger charge is -2.23. The molecular formula is C48H48O14P4. The molecule has 0 saturated heterocycles. The molecule has 6 aromatic rings. The second-order valence-electron chi connectivity index (χ2n) is 13.6. The van der Waals surface area contributed by atoms with Gasteiger partial charge in [0.25, 0.3) is 0 Å². The quantitative estimate of drug-likeness (QED) is 0.0337. The second kappa shape index (κ2) is 22.7. The van der Waals surface area contributed by atoms with E-state index in [0.717, 1.165) is 0 Å². The molecule has 0 heterocycles. The standard InChI is InChI=1S/C48H48O14P4/c1-7-31-53-63(49,54-32-8-2)47-29-17-21-39-41(47)23-15-27-45(39)61-65(51,57-35-11-5)59-43-25-13-20-38-37(43)19-14-26-44(38)60-66(52,58-36-12-6)62-46-28-16-24-42-40(46)22-18-30-48(42)64(50,55-33-9-3)56-34-10-4/h7-30H,1-6,31-36H2. The van der Waals surface area contributed by atoms with Gasteiger partial charge in [-0.05, 0) is 36.4 Å². The minimum Gasteiger partial charge on any atom is -0.394 e. The Morgan fingerprint density at radius 3 is 0.818 bits per heavy atom. The fourth-order valence-electron chi connectivity index (χ4n) is 6.45. The van der Waals surface area contributed by atoms with Gasteiger partial charge in [-0.3, -0.25) is 18.2 Å². The summed E-state index contributed by atoms with van der Waals surface area (Å²) in [5, 5.41) is 2.81. The minimum absolute atomic E-state index is 0.0394. The van der Waals surface area contributed by atoms with Crippen LogP contribution in [0, 0.1) is 0 Å². The molecule has 0 fully saturated rings. The van der Waals surface area contributed by atoms with Crippen LogP contribution in [0.2, 0.25) is 0 Å². The maximum absolute atomic E-state index is 14.7. The van der Waals surface area contributed by atoms with Crippen molar-refractivity contribution in [1.82, 2.24) is 0 Å². The molecule has 0 aliphatic carbocycles. The van der Waals surface area contributed by atoms with Gasteiger partial charge in [-0.25, -0.2) is 9.13 Å². The summed E-state index contributed by atoms with van der Waals surface area (Å²) in [6.45, 7) is 21.3. The first-order chi connectivity index (χ1) is 31.9. The monoisotopic (exact) mass is 972 g/mol. The van der Waals surface area contributed by atoms with Gasteiger partial charge in [0.05, 0.1) is 50.3 Å². The number of hydrogen-bond acceptors (Lipinski definition) is 14. The predicted molar refractivity (Wildman–Crippen MR) is 261 cm³/mol. The molecule has 14 nitrogen and oxygen atoms in total. The van der Waals surface area contributed by atoms with Crippen molar-refractivity contribution >= 4 is 73.8 Å². The summed E-state index contributed by atoms with van der Waals surface area (Å²) in [5.41, 5.74) is 0. The summed E-state index contributed by atoms with van der Waals surface area (Å²) in [5.74, 6) is 0.217. The Bertz CT molecular complexity index is 2740. The van der Waals surface area contributed by atoms with E-state index in [0.29, 0.717) is 32.3 Å². The number of rotatable bonds is 28. The predicted octanol–water partition coefficient (Wildman–Crippen LogP) is 13.1. The van der Waals surface area contributed by atoms with Gasteiger partial charge >= 0.3 is 30.8 Å². The van der Waals surface area contributed by atoms with Gasteiger partial charge in [-0.15, -0.1) is 39.5 Å². The lowest BCUT2D eigenvalue weighted by molar-refractivity contribution is 0.229. The normalized spacial score (nSPS) is 13.5. The van der Waals surface area contributed by atoms with Crippen LogP contribution in [0.5, 0.6) is 23.0 Å². The van der Waals surface area contributed by atoms with Crippen molar-refractivity contribution in [2.45, 2.75) is 0 Å². The topological polar surface area (TPSA) is 161 Å². The van der Waals surface area contributed by atoms with Crippen molar-refractivity contribution in [3.05, 3.63) is 185 Å². The number of phosphoric ester groups is 2. The molecular weight excluding hydrogens is 924 g/mol. The molecule has 0 bridgehead atoms. The lowest BCUT2D eigenvalue weighted by atomic mass is 10.1. The molecule has 2 unspecified atom stereocenters. The fraction of sp³-hybridized carbons (Fsp3) is 0.125. The molecule has 6 aromatic carbocycles. The van der Waals surface area contributed by atoms with Crippen molar-refractivity contribution in [2.24, 2.45) is 0 Å². The van der Waals surface area contributed by atoms with Gasteiger partial charge in [0.1, 0.15) is 23.0 Å². The molecule has 0 saturated carbocycles. The maximum Gasteiger partial charge on any atom is 0.587 e. The molecule has 0 aliphatic heterocycles. The van der Waals surface area contributed by atoms with Crippen LogP contribution in [0.15, 0.2) is 185 Å². The van der Waals surface area contributed by atoms with Crippen molar-refractivity contribution < 1.29 is 63.5 Å². The van der Waals surface area contributed by atoms with Crippen LogP contribution in [0.3, 0.4) is 0 Å². The molecule has 18 heteroatoms. The van der Waals surface area contributed by atoms with Crippen LogP contribution >= 0.6 is 30.8 Å². The third kappa shape index (κ3) is 11.7. The average molecular weight is 973 g/mol. The molecule has 0 radical (unpaired) electrons. The highest BCUT2D eigenvalue weighted by Gasteiger charge is 2.36. The Morgan fingerprint density at radius 2 is 0.545 bits per heavy atom. The van der Waals surface area contributed by atoms with Crippen LogP contribution in [0.4, 0.5) is 0 Å². The van der Waals surface area contributed by atoms with Crippen molar-refractivity contribution in [2.75, 3.05) is 39.6 Å². The van der Waals surface area contributed by atoms with E-state index in [1.54, 1.807) is 109 Å². The SMILES string of the molecule is C=CCOP(=O)(Oc1cccc2c(OP(=O)(OCC=C)Oc3cccc4c(P(=O)(OCC=C)OCC=C)cccc34)cccc12)Oc1cccc2c(P(=O)(OCC=C)OCC=C)cccc12. The van der Waals surface area contributed by atoms with Gasteiger partial charge in [0, 0.05) is 32.3 Å². The highest BCUT2D eigenvalue weighted by atomic mass is 31.2. The first-order valence-corrected chi connectivity index (χ1v) is 26.2. The minimum atomic E-state index is -4.58. The highest BCUT2D eigenvalue weighted by Crippen LogP contribution is 2.56. The van der Waals surface area contributed by atoms with Crippen molar-refractivity contribution in [1.29, 1.82) is 0 Å². The van der Waals surface area contributed by atoms with E-state index in [-0.39, 0.29) is 73.2 Å².